The summed E-state index contributed by atoms with van der Waals surface area (Å²) in [6.07, 6.45) is 10.2. The molecule has 0 bridgehead atoms. The van der Waals surface area contributed by atoms with Crippen molar-refractivity contribution < 1.29 is 0 Å². The van der Waals surface area contributed by atoms with Crippen molar-refractivity contribution in [2.75, 3.05) is 0 Å². The molecular weight excluding hydrogens is 230 g/mol. The van der Waals surface area contributed by atoms with Gasteiger partial charge in [0, 0.05) is 11.2 Å². The van der Waals surface area contributed by atoms with Crippen LogP contribution in [0.25, 0.3) is 17.0 Å². The molecule has 0 saturated heterocycles. The minimum absolute atomic E-state index is 1.10. The predicted molar refractivity (Wildman–Crippen MR) is 85.0 cm³/mol. The van der Waals surface area contributed by atoms with Gasteiger partial charge in [0.1, 0.15) is 0 Å². The Hall–Kier alpha value is -2.28. The predicted octanol–water partition coefficient (Wildman–Crippen LogP) is 5.26. The fourth-order valence-corrected chi connectivity index (χ4v) is 2.14. The highest BCUT2D eigenvalue weighted by Crippen LogP contribution is 2.20. The first-order chi connectivity index (χ1) is 9.28. The van der Waals surface area contributed by atoms with Crippen LogP contribution >= 0.6 is 0 Å². The molecule has 1 heteroatoms. The van der Waals surface area contributed by atoms with Crippen molar-refractivity contribution in [3.63, 3.8) is 0 Å². The Morgan fingerprint density at radius 2 is 1.95 bits per heavy atom. The Kier molecular flexibility index (Phi) is 4.19. The number of fused-ring (bicyclic) bond motifs is 1. The monoisotopic (exact) mass is 249 g/mol. The fraction of sp³-hybridized carbons (Fsp3) is 0.111. The van der Waals surface area contributed by atoms with Gasteiger partial charge in [-0.3, -0.25) is 0 Å². The Morgan fingerprint density at radius 3 is 2.58 bits per heavy atom. The first-order valence-corrected chi connectivity index (χ1v) is 6.49. The summed E-state index contributed by atoms with van der Waals surface area (Å²) in [7, 11) is 0. The number of hydrogen-bond acceptors (Lipinski definition) is 0. The molecule has 0 radical (unpaired) electrons. The lowest BCUT2D eigenvalue weighted by Crippen LogP contribution is -1.83. The zero-order chi connectivity index (χ0) is 13.7. The molecular formula is C18H19N. The van der Waals surface area contributed by atoms with Gasteiger partial charge in [-0.15, -0.1) is 0 Å². The van der Waals surface area contributed by atoms with E-state index in [0.717, 1.165) is 16.8 Å². The number of para-hydroxylation sites is 1. The SMILES string of the molecule is C=CC(=C\c1cc2ccccc2[nH]1)/C(/C=C\C)=C/C. The van der Waals surface area contributed by atoms with Gasteiger partial charge in [-0.25, -0.2) is 0 Å². The summed E-state index contributed by atoms with van der Waals surface area (Å²) in [6, 6.07) is 10.4. The minimum atomic E-state index is 1.10. The smallest absolute Gasteiger partial charge is 0.0458 e. The van der Waals surface area contributed by atoms with Crippen molar-refractivity contribution in [3.05, 3.63) is 78.1 Å². The van der Waals surface area contributed by atoms with Crippen molar-refractivity contribution in [3.8, 4) is 0 Å². The standard InChI is InChI=1S/C18H19N/c1-4-9-14(5-2)15(6-3)12-17-13-16-10-7-8-11-18(16)19-17/h4-13,19H,3H2,1-2H3/b9-4-,14-5+,15-12+. The molecule has 0 fully saturated rings. The molecule has 96 valence electrons. The summed E-state index contributed by atoms with van der Waals surface area (Å²) < 4.78 is 0. The van der Waals surface area contributed by atoms with Crippen LogP contribution in [-0.2, 0) is 0 Å². The van der Waals surface area contributed by atoms with Crippen LogP contribution < -0.4 is 0 Å². The number of hydrogen-bond donors (Lipinski definition) is 1. The van der Waals surface area contributed by atoms with E-state index < -0.39 is 0 Å². The van der Waals surface area contributed by atoms with Crippen LogP contribution in [0.4, 0.5) is 0 Å². The van der Waals surface area contributed by atoms with E-state index >= 15 is 0 Å². The van der Waals surface area contributed by atoms with Crippen molar-refractivity contribution in [1.29, 1.82) is 0 Å². The third-order valence-corrected chi connectivity index (χ3v) is 3.07. The summed E-state index contributed by atoms with van der Waals surface area (Å²) >= 11 is 0. The lowest BCUT2D eigenvalue weighted by Gasteiger charge is -2.02. The minimum Gasteiger partial charge on any atom is -0.355 e. The van der Waals surface area contributed by atoms with Gasteiger partial charge in [0.15, 0.2) is 0 Å². The number of nitrogens with one attached hydrogen (secondary N) is 1. The van der Waals surface area contributed by atoms with Crippen LogP contribution in [0.5, 0.6) is 0 Å². The average Bonchev–Trinajstić information content (AvgIpc) is 2.85. The third kappa shape index (κ3) is 2.94. The molecule has 1 heterocycles. The molecule has 0 atom stereocenters. The fourth-order valence-electron chi connectivity index (χ4n) is 2.14. The van der Waals surface area contributed by atoms with Crippen LogP contribution in [-0.4, -0.2) is 4.98 Å². The van der Waals surface area contributed by atoms with E-state index in [4.69, 9.17) is 0 Å². The van der Waals surface area contributed by atoms with Crippen molar-refractivity contribution >= 4 is 17.0 Å². The maximum absolute atomic E-state index is 3.91. The van der Waals surface area contributed by atoms with Crippen LogP contribution in [0.2, 0.25) is 0 Å². The molecule has 0 aliphatic heterocycles. The zero-order valence-corrected chi connectivity index (χ0v) is 11.5. The van der Waals surface area contributed by atoms with Gasteiger partial charge >= 0.3 is 0 Å². The Morgan fingerprint density at radius 1 is 1.16 bits per heavy atom. The van der Waals surface area contributed by atoms with Gasteiger partial charge < -0.3 is 4.98 Å². The number of allylic oxidation sites excluding steroid dienone is 6. The molecule has 2 aromatic rings. The molecule has 0 aliphatic rings. The normalized spacial score (nSPS) is 13.4. The van der Waals surface area contributed by atoms with Crippen LogP contribution in [0.15, 0.2) is 72.4 Å². The zero-order valence-electron chi connectivity index (χ0n) is 11.5. The maximum atomic E-state index is 3.91. The quantitative estimate of drug-likeness (QED) is 0.711. The first-order valence-electron chi connectivity index (χ1n) is 6.49. The van der Waals surface area contributed by atoms with E-state index in [0.29, 0.717) is 0 Å². The van der Waals surface area contributed by atoms with Gasteiger partial charge in [-0.1, -0.05) is 49.1 Å². The molecule has 1 N–H and O–H groups in total. The van der Waals surface area contributed by atoms with Gasteiger partial charge in [-0.2, -0.15) is 0 Å². The van der Waals surface area contributed by atoms with Crippen LogP contribution in [0.1, 0.15) is 19.5 Å². The Labute approximate surface area is 114 Å². The molecule has 0 amide bonds. The van der Waals surface area contributed by atoms with Gasteiger partial charge in [0.2, 0.25) is 0 Å². The molecule has 0 spiro atoms. The van der Waals surface area contributed by atoms with Crippen LogP contribution in [0, 0.1) is 0 Å². The van der Waals surface area contributed by atoms with E-state index in [9.17, 15) is 0 Å². The average molecular weight is 249 g/mol. The van der Waals surface area contributed by atoms with E-state index in [1.807, 2.05) is 32.1 Å². The van der Waals surface area contributed by atoms with Gasteiger partial charge in [0.25, 0.3) is 0 Å². The first kappa shape index (κ1) is 13.2. The highest BCUT2D eigenvalue weighted by molar-refractivity contribution is 5.83. The Balaban J connectivity index is 2.44. The van der Waals surface area contributed by atoms with Crippen molar-refractivity contribution in [1.82, 2.24) is 4.98 Å². The second kappa shape index (κ2) is 6.05. The molecule has 1 nitrogen and oxygen atoms in total. The van der Waals surface area contributed by atoms with E-state index in [-0.39, 0.29) is 0 Å². The number of rotatable bonds is 4. The largest absolute Gasteiger partial charge is 0.355 e. The van der Waals surface area contributed by atoms with Gasteiger partial charge in [-0.05, 0) is 48.6 Å². The number of benzene rings is 1. The molecule has 2 rings (SSSR count). The number of H-pyrrole nitrogens is 1. The third-order valence-electron chi connectivity index (χ3n) is 3.07. The van der Waals surface area contributed by atoms with Crippen molar-refractivity contribution in [2.24, 2.45) is 0 Å². The van der Waals surface area contributed by atoms with Crippen molar-refractivity contribution in [2.45, 2.75) is 13.8 Å². The summed E-state index contributed by atoms with van der Waals surface area (Å²) in [6.45, 7) is 7.97. The lowest BCUT2D eigenvalue weighted by molar-refractivity contribution is 1.41. The van der Waals surface area contributed by atoms with Gasteiger partial charge in [0.05, 0.1) is 0 Å². The molecule has 0 unspecified atom stereocenters. The molecule has 19 heavy (non-hydrogen) atoms. The number of aromatic amines is 1. The highest BCUT2D eigenvalue weighted by atomic mass is 14.7. The Bertz CT molecular complexity index is 633. The molecule has 1 aromatic carbocycles. The lowest BCUT2D eigenvalue weighted by atomic mass is 10.0. The second-order valence-electron chi connectivity index (χ2n) is 4.36. The molecule has 0 aliphatic carbocycles. The highest BCUT2D eigenvalue weighted by Gasteiger charge is 2.00. The topological polar surface area (TPSA) is 15.8 Å². The summed E-state index contributed by atoms with van der Waals surface area (Å²) in [5, 5.41) is 1.23. The van der Waals surface area contributed by atoms with E-state index in [2.05, 4.69) is 54.1 Å². The molecule has 0 saturated carbocycles. The summed E-state index contributed by atoms with van der Waals surface area (Å²) in [4.78, 5) is 3.41. The van der Waals surface area contributed by atoms with E-state index in [1.165, 1.54) is 11.0 Å². The summed E-state index contributed by atoms with van der Waals surface area (Å²) in [5.41, 5.74) is 4.55. The van der Waals surface area contributed by atoms with Crippen LogP contribution in [0.3, 0.4) is 0 Å². The molecule has 1 aromatic heterocycles. The maximum Gasteiger partial charge on any atom is 0.0458 e. The van der Waals surface area contributed by atoms with E-state index in [1.54, 1.807) is 0 Å². The second-order valence-corrected chi connectivity index (χ2v) is 4.36. The number of aromatic nitrogens is 1. The summed E-state index contributed by atoms with van der Waals surface area (Å²) in [5.74, 6) is 0.